The van der Waals surface area contributed by atoms with Crippen molar-refractivity contribution >= 4 is 28.4 Å². The minimum absolute atomic E-state index is 0.111. The highest BCUT2D eigenvalue weighted by Crippen LogP contribution is 2.18. The summed E-state index contributed by atoms with van der Waals surface area (Å²) in [4.78, 5) is 11.3. The Balaban J connectivity index is 2.70. The molecule has 1 aromatic carbocycles. The summed E-state index contributed by atoms with van der Waals surface area (Å²) in [5, 5.41) is 0.436. The molecule has 2 rings (SSSR count). The van der Waals surface area contributed by atoms with Gasteiger partial charge in [-0.15, -0.1) is 11.6 Å². The summed E-state index contributed by atoms with van der Waals surface area (Å²) in [6.45, 7) is 0. The molecule has 2 aromatic rings. The minimum atomic E-state index is -0.330. The molecule has 0 bridgehead atoms. The van der Waals surface area contributed by atoms with E-state index in [9.17, 15) is 9.18 Å². The van der Waals surface area contributed by atoms with Crippen molar-refractivity contribution < 1.29 is 9.18 Å². The summed E-state index contributed by atoms with van der Waals surface area (Å²) in [6, 6.07) is 6.17. The summed E-state index contributed by atoms with van der Waals surface area (Å²) in [6.07, 6.45) is 1.53. The highest BCUT2D eigenvalue weighted by atomic mass is 35.5. The van der Waals surface area contributed by atoms with Gasteiger partial charge in [0.25, 0.3) is 0 Å². The van der Waals surface area contributed by atoms with Crippen molar-refractivity contribution in [2.24, 2.45) is 0 Å². The molecule has 2 nitrogen and oxygen atoms in total. The smallest absolute Gasteiger partial charge is 0.245 e. The lowest BCUT2D eigenvalue weighted by atomic mass is 10.2. The molecule has 0 aliphatic rings. The van der Waals surface area contributed by atoms with Gasteiger partial charge in [-0.2, -0.15) is 0 Å². The Labute approximate surface area is 84.9 Å². The molecule has 0 aliphatic carbocycles. The van der Waals surface area contributed by atoms with Crippen LogP contribution >= 0.6 is 11.6 Å². The molecule has 0 atom stereocenters. The third-order valence-corrected chi connectivity index (χ3v) is 2.29. The van der Waals surface area contributed by atoms with Crippen LogP contribution in [0.1, 0.15) is 4.79 Å². The highest BCUT2D eigenvalue weighted by Gasteiger charge is 2.09. The third kappa shape index (κ3) is 1.30. The van der Waals surface area contributed by atoms with E-state index in [0.29, 0.717) is 10.9 Å². The third-order valence-electron chi connectivity index (χ3n) is 2.06. The Morgan fingerprint density at radius 1 is 1.43 bits per heavy atom. The van der Waals surface area contributed by atoms with Gasteiger partial charge in [-0.05, 0) is 18.2 Å². The van der Waals surface area contributed by atoms with Crippen LogP contribution in [0.4, 0.5) is 4.39 Å². The molecule has 0 aliphatic heterocycles. The first-order valence-corrected chi connectivity index (χ1v) is 4.62. The number of carbonyl (C=O) groups is 1. The average Bonchev–Trinajstić information content (AvgIpc) is 2.62. The second-order valence-corrected chi connectivity index (χ2v) is 3.15. The highest BCUT2D eigenvalue weighted by molar-refractivity contribution is 6.28. The first-order valence-electron chi connectivity index (χ1n) is 4.09. The number of nitrogens with zero attached hydrogens (tertiary/aromatic N) is 1. The predicted molar refractivity (Wildman–Crippen MR) is 53.2 cm³/mol. The van der Waals surface area contributed by atoms with E-state index >= 15 is 0 Å². The summed E-state index contributed by atoms with van der Waals surface area (Å²) in [5.74, 6) is -0.698. The lowest BCUT2D eigenvalue weighted by Crippen LogP contribution is -2.09. The lowest BCUT2D eigenvalue weighted by molar-refractivity contribution is 0.0945. The van der Waals surface area contributed by atoms with E-state index in [4.69, 9.17) is 11.6 Å². The second kappa shape index (κ2) is 3.42. The molecule has 4 heteroatoms. The summed E-state index contributed by atoms with van der Waals surface area (Å²) in [5.41, 5.74) is 0.552. The molecular formula is C10H7ClFNO. The van der Waals surface area contributed by atoms with Crippen LogP contribution in [0.5, 0.6) is 0 Å². The number of halogens is 2. The Morgan fingerprint density at radius 3 is 2.93 bits per heavy atom. The topological polar surface area (TPSA) is 22.0 Å². The van der Waals surface area contributed by atoms with Crippen molar-refractivity contribution in [3.05, 3.63) is 36.3 Å². The Morgan fingerprint density at radius 2 is 2.21 bits per heavy atom. The van der Waals surface area contributed by atoms with Gasteiger partial charge in [-0.3, -0.25) is 9.36 Å². The van der Waals surface area contributed by atoms with Crippen molar-refractivity contribution in [3.8, 4) is 0 Å². The fraction of sp³-hybridized carbons (Fsp3) is 0.100. The van der Waals surface area contributed by atoms with Gasteiger partial charge >= 0.3 is 0 Å². The van der Waals surface area contributed by atoms with Gasteiger partial charge in [0.15, 0.2) is 0 Å². The van der Waals surface area contributed by atoms with Crippen molar-refractivity contribution in [2.45, 2.75) is 0 Å². The molecule has 1 heterocycles. The van der Waals surface area contributed by atoms with E-state index < -0.39 is 0 Å². The van der Waals surface area contributed by atoms with Crippen molar-refractivity contribution in [1.29, 1.82) is 0 Å². The van der Waals surface area contributed by atoms with Crippen LogP contribution in [-0.4, -0.2) is 16.4 Å². The van der Waals surface area contributed by atoms with Gasteiger partial charge in [0.05, 0.1) is 5.52 Å². The molecule has 0 N–H and O–H groups in total. The lowest BCUT2D eigenvalue weighted by Gasteiger charge is -2.00. The molecular weight excluding hydrogens is 205 g/mol. The number of aromatic nitrogens is 1. The maximum atomic E-state index is 13.2. The van der Waals surface area contributed by atoms with Crippen LogP contribution in [0.25, 0.3) is 10.9 Å². The predicted octanol–water partition coefficient (Wildman–Crippen LogP) is 2.66. The normalized spacial score (nSPS) is 10.7. The Kier molecular flexibility index (Phi) is 2.25. The molecule has 0 fully saturated rings. The quantitative estimate of drug-likeness (QED) is 0.665. The number of hydrogen-bond acceptors (Lipinski definition) is 1. The van der Waals surface area contributed by atoms with Gasteiger partial charge in [0.2, 0.25) is 5.91 Å². The standard InChI is InChI=1S/C10H7ClFNO/c11-6-10(14)13-5-4-7-8(12)2-1-3-9(7)13/h1-5H,6H2. The fourth-order valence-electron chi connectivity index (χ4n) is 1.41. The first kappa shape index (κ1) is 9.21. The van der Waals surface area contributed by atoms with Crippen LogP contribution in [0.3, 0.4) is 0 Å². The molecule has 0 saturated heterocycles. The number of alkyl halides is 1. The van der Waals surface area contributed by atoms with Gasteiger partial charge in [-0.25, -0.2) is 4.39 Å². The number of hydrogen-bond donors (Lipinski definition) is 0. The molecule has 0 unspecified atom stereocenters. The zero-order valence-electron chi connectivity index (χ0n) is 7.21. The maximum absolute atomic E-state index is 13.2. The number of rotatable bonds is 1. The zero-order valence-corrected chi connectivity index (χ0v) is 7.96. The van der Waals surface area contributed by atoms with Crippen molar-refractivity contribution in [3.63, 3.8) is 0 Å². The molecule has 14 heavy (non-hydrogen) atoms. The van der Waals surface area contributed by atoms with E-state index in [0.717, 1.165) is 0 Å². The van der Waals surface area contributed by atoms with Crippen LogP contribution in [0, 0.1) is 5.82 Å². The van der Waals surface area contributed by atoms with Crippen LogP contribution in [0.15, 0.2) is 30.5 Å². The molecule has 72 valence electrons. The number of benzene rings is 1. The maximum Gasteiger partial charge on any atom is 0.245 e. The van der Waals surface area contributed by atoms with Gasteiger partial charge in [0.1, 0.15) is 11.7 Å². The molecule has 1 aromatic heterocycles. The van der Waals surface area contributed by atoms with Gasteiger partial charge < -0.3 is 0 Å². The zero-order chi connectivity index (χ0) is 10.1. The average molecular weight is 212 g/mol. The number of fused-ring (bicyclic) bond motifs is 1. The van der Waals surface area contributed by atoms with Crippen LogP contribution in [0.2, 0.25) is 0 Å². The SMILES string of the molecule is O=C(CCl)n1ccc2c(F)cccc21. The summed E-state index contributed by atoms with van der Waals surface area (Å²) >= 11 is 5.42. The van der Waals surface area contributed by atoms with Crippen molar-refractivity contribution in [2.75, 3.05) is 5.88 Å². The monoisotopic (exact) mass is 211 g/mol. The van der Waals surface area contributed by atoms with E-state index in [2.05, 4.69) is 0 Å². The Bertz CT molecular complexity index is 492. The van der Waals surface area contributed by atoms with E-state index in [1.165, 1.54) is 16.8 Å². The largest absolute Gasteiger partial charge is 0.286 e. The van der Waals surface area contributed by atoms with E-state index in [1.807, 2.05) is 0 Å². The van der Waals surface area contributed by atoms with E-state index in [1.54, 1.807) is 18.2 Å². The van der Waals surface area contributed by atoms with Crippen LogP contribution < -0.4 is 0 Å². The Hall–Kier alpha value is -1.35. The number of carbonyl (C=O) groups excluding carboxylic acids is 1. The van der Waals surface area contributed by atoms with Gasteiger partial charge in [0, 0.05) is 11.6 Å². The summed E-state index contributed by atoms with van der Waals surface area (Å²) in [7, 11) is 0. The second-order valence-electron chi connectivity index (χ2n) is 2.89. The van der Waals surface area contributed by atoms with E-state index in [-0.39, 0.29) is 17.6 Å². The van der Waals surface area contributed by atoms with Crippen LogP contribution in [-0.2, 0) is 0 Å². The summed E-state index contributed by atoms with van der Waals surface area (Å²) < 4.78 is 14.6. The fourth-order valence-corrected chi connectivity index (χ4v) is 1.54. The molecule has 0 spiro atoms. The molecule has 0 amide bonds. The van der Waals surface area contributed by atoms with Gasteiger partial charge in [-0.1, -0.05) is 6.07 Å². The molecule has 0 saturated carbocycles. The first-order chi connectivity index (χ1) is 6.74. The minimum Gasteiger partial charge on any atom is -0.286 e. The molecule has 0 radical (unpaired) electrons. The van der Waals surface area contributed by atoms with Crippen molar-refractivity contribution in [1.82, 2.24) is 4.57 Å².